The molecule has 2 rings (SSSR count). The van der Waals surface area contributed by atoms with Crippen molar-refractivity contribution in [3.05, 3.63) is 18.0 Å². The molecule has 1 saturated heterocycles. The summed E-state index contributed by atoms with van der Waals surface area (Å²) in [4.78, 5) is 16.3. The molecule has 1 fully saturated rings. The van der Waals surface area contributed by atoms with Crippen LogP contribution in [0.1, 0.15) is 54.2 Å². The molecular weight excluding hydrogens is 307 g/mol. The van der Waals surface area contributed by atoms with Crippen molar-refractivity contribution in [1.29, 1.82) is 0 Å². The van der Waals surface area contributed by atoms with Crippen LogP contribution >= 0.6 is 0 Å². The van der Waals surface area contributed by atoms with Gasteiger partial charge in [0.05, 0.1) is 23.1 Å². The number of carbonyl (C=O) groups excluding carboxylic acids is 1. The van der Waals surface area contributed by atoms with Gasteiger partial charge >= 0.3 is 13.2 Å². The molecule has 0 radical (unpaired) electrons. The molecule has 1 amide bonds. The van der Waals surface area contributed by atoms with Crippen LogP contribution in [0.4, 0.5) is 10.5 Å². The largest absolute Gasteiger partial charge is 0.496 e. The molecule has 132 valence electrons. The van der Waals surface area contributed by atoms with Gasteiger partial charge in [0.25, 0.3) is 0 Å². The van der Waals surface area contributed by atoms with Crippen molar-refractivity contribution in [2.75, 3.05) is 5.32 Å². The molecule has 24 heavy (non-hydrogen) atoms. The highest BCUT2D eigenvalue weighted by Crippen LogP contribution is 2.36. The molecular formula is C17H27BN2O4. The minimum absolute atomic E-state index is 0.432. The maximum Gasteiger partial charge on any atom is 0.496 e. The zero-order chi connectivity index (χ0) is 18.3. The van der Waals surface area contributed by atoms with Gasteiger partial charge in [-0.25, -0.2) is 4.79 Å². The molecule has 0 aliphatic carbocycles. The number of aryl methyl sites for hydroxylation is 1. The van der Waals surface area contributed by atoms with Crippen LogP contribution in [0.25, 0.3) is 0 Å². The number of nitrogens with one attached hydrogen (secondary N) is 1. The van der Waals surface area contributed by atoms with Gasteiger partial charge in [0.2, 0.25) is 0 Å². The van der Waals surface area contributed by atoms with Crippen molar-refractivity contribution < 1.29 is 18.8 Å². The average Bonchev–Trinajstić information content (AvgIpc) is 2.58. The predicted molar refractivity (Wildman–Crippen MR) is 94.5 cm³/mol. The van der Waals surface area contributed by atoms with E-state index in [1.807, 2.05) is 61.5 Å². The number of rotatable bonds is 2. The fourth-order valence-electron chi connectivity index (χ4n) is 2.25. The minimum atomic E-state index is -0.559. The molecule has 1 aromatic rings. The third-order valence-electron chi connectivity index (χ3n) is 4.28. The molecule has 1 N–H and O–H groups in total. The Morgan fingerprint density at radius 3 is 2.25 bits per heavy atom. The van der Waals surface area contributed by atoms with Crippen LogP contribution in [-0.2, 0) is 14.0 Å². The second-order valence-electron chi connectivity index (χ2n) is 8.11. The lowest BCUT2D eigenvalue weighted by atomic mass is 9.78. The third kappa shape index (κ3) is 4.08. The lowest BCUT2D eigenvalue weighted by Gasteiger charge is -2.32. The second kappa shape index (κ2) is 6.04. The van der Waals surface area contributed by atoms with Crippen molar-refractivity contribution in [3.63, 3.8) is 0 Å². The maximum absolute atomic E-state index is 11.9. The molecule has 0 atom stereocenters. The van der Waals surface area contributed by atoms with Gasteiger partial charge in [0, 0.05) is 11.2 Å². The summed E-state index contributed by atoms with van der Waals surface area (Å²) in [6.45, 7) is 15.3. The number of nitrogens with zero attached hydrogens (tertiary/aromatic N) is 1. The molecule has 7 heteroatoms. The lowest BCUT2D eigenvalue weighted by molar-refractivity contribution is 0.00578. The van der Waals surface area contributed by atoms with Crippen LogP contribution in [0.3, 0.4) is 0 Å². The molecule has 6 nitrogen and oxygen atoms in total. The number of hydrogen-bond acceptors (Lipinski definition) is 5. The topological polar surface area (TPSA) is 69.7 Å². The Morgan fingerprint density at radius 2 is 1.75 bits per heavy atom. The summed E-state index contributed by atoms with van der Waals surface area (Å²) in [5.41, 5.74) is 0.707. The fourth-order valence-corrected chi connectivity index (χ4v) is 2.25. The molecule has 0 bridgehead atoms. The van der Waals surface area contributed by atoms with E-state index in [0.29, 0.717) is 5.69 Å². The Hall–Kier alpha value is -1.60. The Kier molecular flexibility index (Phi) is 4.72. The molecule has 0 aromatic carbocycles. The highest BCUT2D eigenvalue weighted by molar-refractivity contribution is 6.62. The van der Waals surface area contributed by atoms with E-state index in [4.69, 9.17) is 14.0 Å². The zero-order valence-electron chi connectivity index (χ0n) is 15.8. The van der Waals surface area contributed by atoms with Gasteiger partial charge in [-0.15, -0.1) is 0 Å². The molecule has 0 unspecified atom stereocenters. The van der Waals surface area contributed by atoms with Crippen molar-refractivity contribution in [2.24, 2.45) is 0 Å². The highest BCUT2D eigenvalue weighted by atomic mass is 16.7. The van der Waals surface area contributed by atoms with Gasteiger partial charge in [-0.3, -0.25) is 10.3 Å². The summed E-state index contributed by atoms with van der Waals surface area (Å²) in [7, 11) is -0.525. The van der Waals surface area contributed by atoms with E-state index < -0.39 is 30.0 Å². The number of ether oxygens (including phenoxy) is 1. The Balaban J connectivity index is 2.20. The van der Waals surface area contributed by atoms with Crippen molar-refractivity contribution in [2.45, 2.75) is 72.2 Å². The third-order valence-corrected chi connectivity index (χ3v) is 4.28. The van der Waals surface area contributed by atoms with Crippen LogP contribution in [0.5, 0.6) is 0 Å². The van der Waals surface area contributed by atoms with Crippen molar-refractivity contribution in [3.8, 4) is 0 Å². The Labute approximate surface area is 144 Å². The first-order valence-electron chi connectivity index (χ1n) is 8.13. The molecule has 1 aliphatic heterocycles. The first-order valence-corrected chi connectivity index (χ1v) is 8.13. The predicted octanol–water partition coefficient (Wildman–Crippen LogP) is 3.04. The van der Waals surface area contributed by atoms with E-state index >= 15 is 0 Å². The summed E-state index contributed by atoms with van der Waals surface area (Å²) in [5, 5.41) is 2.70. The Bertz CT molecular complexity index is 622. The van der Waals surface area contributed by atoms with Crippen LogP contribution in [0, 0.1) is 6.92 Å². The second-order valence-corrected chi connectivity index (χ2v) is 8.11. The van der Waals surface area contributed by atoms with Gasteiger partial charge < -0.3 is 14.0 Å². The number of hydrogen-bond donors (Lipinski definition) is 1. The van der Waals surface area contributed by atoms with E-state index in [1.54, 1.807) is 6.20 Å². The van der Waals surface area contributed by atoms with Gasteiger partial charge in [0.1, 0.15) is 5.60 Å². The molecule has 1 aromatic heterocycles. The average molecular weight is 334 g/mol. The molecule has 1 aliphatic rings. The first kappa shape index (κ1) is 18.7. The quantitative estimate of drug-likeness (QED) is 0.842. The standard InChI is InChI=1S/C17H27BN2O4/c1-11-13(18-23-16(5,6)17(7,8)24-18)9-12(10-19-11)20-14(21)22-15(2,3)4/h9-10H,1-8H3,(H,20,21). The monoisotopic (exact) mass is 334 g/mol. The number of aromatic nitrogens is 1. The maximum atomic E-state index is 11.9. The van der Waals surface area contributed by atoms with Crippen LogP contribution in [0.15, 0.2) is 12.3 Å². The van der Waals surface area contributed by atoms with Gasteiger partial charge in [-0.1, -0.05) is 0 Å². The van der Waals surface area contributed by atoms with Gasteiger partial charge in [-0.05, 0) is 61.5 Å². The smallest absolute Gasteiger partial charge is 0.444 e. The minimum Gasteiger partial charge on any atom is -0.444 e. The lowest BCUT2D eigenvalue weighted by Crippen LogP contribution is -2.41. The highest BCUT2D eigenvalue weighted by Gasteiger charge is 2.52. The van der Waals surface area contributed by atoms with E-state index in [0.717, 1.165) is 11.2 Å². The van der Waals surface area contributed by atoms with E-state index in [-0.39, 0.29) is 0 Å². The van der Waals surface area contributed by atoms with E-state index in [1.165, 1.54) is 0 Å². The number of amides is 1. The summed E-state index contributed by atoms with van der Waals surface area (Å²) in [6.07, 6.45) is 1.07. The van der Waals surface area contributed by atoms with Crippen molar-refractivity contribution >= 4 is 24.4 Å². The van der Waals surface area contributed by atoms with Crippen LogP contribution in [-0.4, -0.2) is 35.0 Å². The molecule has 0 saturated carbocycles. The summed E-state index contributed by atoms with van der Waals surface area (Å²) < 4.78 is 17.4. The van der Waals surface area contributed by atoms with Crippen LogP contribution in [0.2, 0.25) is 0 Å². The van der Waals surface area contributed by atoms with Gasteiger partial charge in [-0.2, -0.15) is 0 Å². The normalized spacial score (nSPS) is 19.2. The molecule has 0 spiro atoms. The summed E-state index contributed by atoms with van der Waals surface area (Å²) in [6, 6.07) is 1.81. The number of carbonyl (C=O) groups is 1. The van der Waals surface area contributed by atoms with E-state index in [9.17, 15) is 4.79 Å². The SMILES string of the molecule is Cc1ncc(NC(=O)OC(C)(C)C)cc1B1OC(C)(C)C(C)(C)O1. The van der Waals surface area contributed by atoms with E-state index in [2.05, 4.69) is 10.3 Å². The number of pyridine rings is 1. The summed E-state index contributed by atoms with van der Waals surface area (Å²) in [5.74, 6) is 0. The zero-order valence-corrected chi connectivity index (χ0v) is 15.8. The van der Waals surface area contributed by atoms with Crippen molar-refractivity contribution in [1.82, 2.24) is 4.98 Å². The summed E-state index contributed by atoms with van der Waals surface area (Å²) >= 11 is 0. The molecule has 2 heterocycles. The number of anilines is 1. The first-order chi connectivity index (χ1) is 10.8. The van der Waals surface area contributed by atoms with Crippen LogP contribution < -0.4 is 10.8 Å². The Morgan fingerprint density at radius 1 is 1.21 bits per heavy atom. The fraction of sp³-hybridized carbons (Fsp3) is 0.647. The van der Waals surface area contributed by atoms with Gasteiger partial charge in [0.15, 0.2) is 0 Å².